The molecular weight excluding hydrogens is 442 g/mol. The monoisotopic (exact) mass is 473 g/mol. The van der Waals surface area contributed by atoms with Gasteiger partial charge in [0.15, 0.2) is 0 Å². The molecule has 3 aromatic rings. The summed E-state index contributed by atoms with van der Waals surface area (Å²) in [5.74, 6) is 0.679. The summed E-state index contributed by atoms with van der Waals surface area (Å²) in [6.07, 6.45) is 1.16. The molecule has 1 saturated heterocycles. The minimum absolute atomic E-state index is 0.0458. The number of para-hydroxylation sites is 1. The van der Waals surface area contributed by atoms with E-state index < -0.39 is 6.10 Å². The summed E-state index contributed by atoms with van der Waals surface area (Å²) in [6.45, 7) is 1.89. The van der Waals surface area contributed by atoms with Crippen LogP contribution in [0.1, 0.15) is 35.6 Å². The largest absolute Gasteiger partial charge is 0.495 e. The normalized spacial score (nSPS) is 17.5. The smallest absolute Gasteiger partial charge is 0.238 e. The van der Waals surface area contributed by atoms with Crippen molar-refractivity contribution in [2.24, 2.45) is 0 Å². The predicted molar refractivity (Wildman–Crippen MR) is 137 cm³/mol. The van der Waals surface area contributed by atoms with E-state index in [9.17, 15) is 15.0 Å². The third kappa shape index (κ3) is 4.75. The quantitative estimate of drug-likeness (QED) is 0.418. The number of carbonyl (C=O) groups excluding carboxylic acids is 1. The zero-order chi connectivity index (χ0) is 24.4. The molecule has 0 bridgehead atoms. The molecule has 1 aliphatic heterocycles. The molecule has 0 aromatic heterocycles. The van der Waals surface area contributed by atoms with Gasteiger partial charge in [0, 0.05) is 30.4 Å². The number of hydrogen-bond acceptors (Lipinski definition) is 6. The van der Waals surface area contributed by atoms with Gasteiger partial charge in [0.2, 0.25) is 5.91 Å². The number of rotatable bonds is 7. The van der Waals surface area contributed by atoms with Gasteiger partial charge in [-0.25, -0.2) is 0 Å². The van der Waals surface area contributed by atoms with Crippen LogP contribution in [0.25, 0.3) is 11.1 Å². The van der Waals surface area contributed by atoms with Crippen LogP contribution in [-0.4, -0.2) is 53.8 Å². The molecule has 0 saturated carbocycles. The number of fused-ring (bicyclic) bond motifs is 3. The van der Waals surface area contributed by atoms with Crippen LogP contribution in [-0.2, 0) is 11.4 Å². The van der Waals surface area contributed by atoms with Crippen LogP contribution in [0, 0.1) is 0 Å². The van der Waals surface area contributed by atoms with Crippen LogP contribution in [0.2, 0.25) is 0 Å². The molecule has 2 aliphatic rings. The number of aliphatic hydroxyl groups excluding tert-OH is 2. The fourth-order valence-electron chi connectivity index (χ4n) is 5.14. The highest BCUT2D eigenvalue weighted by atomic mass is 16.5. The molecule has 3 aromatic carbocycles. The number of anilines is 2. The number of benzene rings is 3. The number of ether oxygens (including phenoxy) is 1. The van der Waals surface area contributed by atoms with Gasteiger partial charge in [-0.1, -0.05) is 42.5 Å². The molecule has 1 fully saturated rings. The summed E-state index contributed by atoms with van der Waals surface area (Å²) in [7, 11) is 1.63. The molecule has 35 heavy (non-hydrogen) atoms. The molecule has 7 heteroatoms. The second kappa shape index (κ2) is 10.1. The van der Waals surface area contributed by atoms with Crippen LogP contribution in [0.5, 0.6) is 5.75 Å². The Hall–Kier alpha value is -3.39. The molecule has 0 radical (unpaired) electrons. The van der Waals surface area contributed by atoms with Gasteiger partial charge in [0.05, 0.1) is 25.9 Å². The first kappa shape index (κ1) is 23.4. The average Bonchev–Trinajstić information content (AvgIpc) is 3.16. The summed E-state index contributed by atoms with van der Waals surface area (Å²) >= 11 is 0. The second-order valence-corrected chi connectivity index (χ2v) is 9.19. The first-order chi connectivity index (χ1) is 17.1. The predicted octanol–water partition coefficient (Wildman–Crippen LogP) is 3.76. The number of likely N-dealkylation sites (tertiary alicyclic amines) is 1. The Morgan fingerprint density at radius 1 is 1.03 bits per heavy atom. The van der Waals surface area contributed by atoms with Crippen molar-refractivity contribution in [1.82, 2.24) is 4.90 Å². The van der Waals surface area contributed by atoms with Gasteiger partial charge in [-0.05, 0) is 53.3 Å². The molecular formula is C28H31N3O4. The molecule has 1 aliphatic carbocycles. The molecule has 1 heterocycles. The summed E-state index contributed by atoms with van der Waals surface area (Å²) in [5, 5.41) is 26.8. The van der Waals surface area contributed by atoms with E-state index in [0.717, 1.165) is 70.9 Å². The Kier molecular flexibility index (Phi) is 6.72. The molecule has 1 amide bonds. The van der Waals surface area contributed by atoms with E-state index in [-0.39, 0.29) is 18.6 Å². The number of hydrogen-bond donors (Lipinski definition) is 4. The lowest BCUT2D eigenvalue weighted by atomic mass is 10.0. The maximum Gasteiger partial charge on any atom is 0.238 e. The lowest BCUT2D eigenvalue weighted by Crippen LogP contribution is -2.42. The maximum absolute atomic E-state index is 12.8. The standard InChI is InChI=1S/C28H31N3O4/c1-35-25-8-4-5-18(17-32)27(25)30-19-11-13-31(14-12-19)16-26(33)29-20-9-10-23-24(15-20)21-6-2-3-7-22(21)28(23)34/h2-10,15,19,28,30,32,34H,11-14,16-17H2,1H3,(H,29,33). The number of aliphatic hydroxyl groups is 2. The average molecular weight is 474 g/mol. The third-order valence-corrected chi connectivity index (χ3v) is 6.98. The van der Waals surface area contributed by atoms with Gasteiger partial charge in [-0.3, -0.25) is 9.69 Å². The highest BCUT2D eigenvalue weighted by molar-refractivity contribution is 5.93. The van der Waals surface area contributed by atoms with E-state index >= 15 is 0 Å². The molecule has 5 rings (SSSR count). The molecule has 7 nitrogen and oxygen atoms in total. The molecule has 0 spiro atoms. The van der Waals surface area contributed by atoms with Crippen LogP contribution in [0.4, 0.5) is 11.4 Å². The van der Waals surface area contributed by atoms with Crippen molar-refractivity contribution in [1.29, 1.82) is 0 Å². The number of piperidine rings is 1. The fraction of sp³-hybridized carbons (Fsp3) is 0.321. The summed E-state index contributed by atoms with van der Waals surface area (Å²) < 4.78 is 5.46. The number of amides is 1. The number of carbonyl (C=O) groups is 1. The van der Waals surface area contributed by atoms with Gasteiger partial charge >= 0.3 is 0 Å². The van der Waals surface area contributed by atoms with Crippen molar-refractivity contribution < 1.29 is 19.7 Å². The first-order valence-corrected chi connectivity index (χ1v) is 12.0. The Balaban J connectivity index is 1.16. The molecule has 4 N–H and O–H groups in total. The van der Waals surface area contributed by atoms with Crippen LogP contribution in [0.3, 0.4) is 0 Å². The fourth-order valence-corrected chi connectivity index (χ4v) is 5.14. The Morgan fingerprint density at radius 2 is 1.80 bits per heavy atom. The zero-order valence-corrected chi connectivity index (χ0v) is 19.8. The van der Waals surface area contributed by atoms with Gasteiger partial charge < -0.3 is 25.6 Å². The zero-order valence-electron chi connectivity index (χ0n) is 19.8. The lowest BCUT2D eigenvalue weighted by Gasteiger charge is -2.33. The van der Waals surface area contributed by atoms with Crippen LogP contribution < -0.4 is 15.4 Å². The number of nitrogens with one attached hydrogen (secondary N) is 2. The van der Waals surface area contributed by atoms with E-state index in [1.807, 2.05) is 60.7 Å². The van der Waals surface area contributed by atoms with Gasteiger partial charge in [0.1, 0.15) is 11.9 Å². The van der Waals surface area contributed by atoms with E-state index in [4.69, 9.17) is 4.74 Å². The van der Waals surface area contributed by atoms with Crippen LogP contribution in [0.15, 0.2) is 60.7 Å². The minimum atomic E-state index is -0.620. The highest BCUT2D eigenvalue weighted by Gasteiger charge is 2.27. The van der Waals surface area contributed by atoms with E-state index in [1.54, 1.807) is 7.11 Å². The van der Waals surface area contributed by atoms with Crippen molar-refractivity contribution in [3.8, 4) is 16.9 Å². The number of methoxy groups -OCH3 is 1. The molecule has 1 unspecified atom stereocenters. The van der Waals surface area contributed by atoms with Gasteiger partial charge in [-0.2, -0.15) is 0 Å². The number of nitrogens with zero attached hydrogens (tertiary/aromatic N) is 1. The molecule has 1 atom stereocenters. The minimum Gasteiger partial charge on any atom is -0.495 e. The van der Waals surface area contributed by atoms with Gasteiger partial charge in [-0.15, -0.1) is 0 Å². The van der Waals surface area contributed by atoms with E-state index in [2.05, 4.69) is 15.5 Å². The second-order valence-electron chi connectivity index (χ2n) is 9.19. The van der Waals surface area contributed by atoms with Crippen molar-refractivity contribution in [2.45, 2.75) is 31.6 Å². The van der Waals surface area contributed by atoms with Crippen LogP contribution >= 0.6 is 0 Å². The Bertz CT molecular complexity index is 1200. The van der Waals surface area contributed by atoms with Crippen molar-refractivity contribution in [3.05, 3.63) is 77.4 Å². The maximum atomic E-state index is 12.8. The molecule has 182 valence electrons. The topological polar surface area (TPSA) is 94.1 Å². The summed E-state index contributed by atoms with van der Waals surface area (Å²) in [6, 6.07) is 19.4. The highest BCUT2D eigenvalue weighted by Crippen LogP contribution is 2.44. The summed E-state index contributed by atoms with van der Waals surface area (Å²) in [5.41, 5.74) is 6.16. The van der Waals surface area contributed by atoms with Gasteiger partial charge in [0.25, 0.3) is 0 Å². The lowest BCUT2D eigenvalue weighted by molar-refractivity contribution is -0.117. The van der Waals surface area contributed by atoms with Crippen molar-refractivity contribution >= 4 is 17.3 Å². The van der Waals surface area contributed by atoms with Crippen molar-refractivity contribution in [3.63, 3.8) is 0 Å². The van der Waals surface area contributed by atoms with E-state index in [1.165, 1.54) is 0 Å². The SMILES string of the molecule is COc1cccc(CO)c1NC1CCN(CC(=O)Nc2ccc3c(c2)-c2ccccc2C3O)CC1. The van der Waals surface area contributed by atoms with E-state index in [0.29, 0.717) is 6.54 Å². The summed E-state index contributed by atoms with van der Waals surface area (Å²) in [4.78, 5) is 14.9. The first-order valence-electron chi connectivity index (χ1n) is 12.0. The van der Waals surface area contributed by atoms with Crippen molar-refractivity contribution in [2.75, 3.05) is 37.4 Å². The Morgan fingerprint density at radius 3 is 2.57 bits per heavy atom. The third-order valence-electron chi connectivity index (χ3n) is 6.98. The Labute approximate surface area is 205 Å².